The Morgan fingerprint density at radius 3 is 2.70 bits per heavy atom. The van der Waals surface area contributed by atoms with Gasteiger partial charge in [-0.25, -0.2) is 0 Å². The van der Waals surface area contributed by atoms with Gasteiger partial charge in [0.25, 0.3) is 0 Å². The molecule has 1 saturated carbocycles. The molecule has 4 rings (SSSR count). The number of hydrogen-bond acceptors (Lipinski definition) is 4. The molecule has 3 aromatic rings. The summed E-state index contributed by atoms with van der Waals surface area (Å²) in [5, 5.41) is 7.77. The summed E-state index contributed by atoms with van der Waals surface area (Å²) in [5.41, 5.74) is 3.87. The van der Waals surface area contributed by atoms with E-state index in [0.717, 1.165) is 41.1 Å². The molecule has 1 aliphatic rings. The second-order valence-electron chi connectivity index (χ2n) is 6.67. The number of carbonyl (C=O) groups is 1. The second-order valence-corrected chi connectivity index (χ2v) is 6.67. The zero-order valence-corrected chi connectivity index (χ0v) is 15.3. The lowest BCUT2D eigenvalue weighted by molar-refractivity contribution is -0.122. The average Bonchev–Trinajstić information content (AvgIpc) is 3.49. The van der Waals surface area contributed by atoms with Crippen LogP contribution in [0.5, 0.6) is 5.75 Å². The molecule has 6 heteroatoms. The van der Waals surface area contributed by atoms with Gasteiger partial charge in [-0.3, -0.25) is 14.5 Å². The first-order valence-corrected chi connectivity index (χ1v) is 9.15. The maximum absolute atomic E-state index is 11.9. The van der Waals surface area contributed by atoms with Gasteiger partial charge in [0, 0.05) is 36.0 Å². The monoisotopic (exact) mass is 362 g/mol. The molecule has 2 aromatic heterocycles. The molecule has 0 unspecified atom stereocenters. The lowest BCUT2D eigenvalue weighted by Gasteiger charge is -2.08. The number of rotatable bonds is 7. The molecule has 0 radical (unpaired) electrons. The smallest absolute Gasteiger partial charge is 0.223 e. The zero-order valence-electron chi connectivity index (χ0n) is 15.3. The van der Waals surface area contributed by atoms with Gasteiger partial charge in [0.1, 0.15) is 5.75 Å². The highest BCUT2D eigenvalue weighted by molar-refractivity contribution is 5.80. The van der Waals surface area contributed by atoms with Gasteiger partial charge in [-0.1, -0.05) is 0 Å². The number of carbonyl (C=O) groups excluding carboxylic acids is 1. The number of nitrogens with zero attached hydrogens (tertiary/aromatic N) is 3. The minimum absolute atomic E-state index is 0.153. The van der Waals surface area contributed by atoms with E-state index in [-0.39, 0.29) is 11.8 Å². The highest BCUT2D eigenvalue weighted by atomic mass is 16.5. The van der Waals surface area contributed by atoms with E-state index in [1.54, 1.807) is 13.3 Å². The Balaban J connectivity index is 1.58. The van der Waals surface area contributed by atoms with Crippen molar-refractivity contribution in [3.05, 3.63) is 54.9 Å². The number of pyridine rings is 1. The molecular formula is C21H22N4O2. The van der Waals surface area contributed by atoms with Gasteiger partial charge in [-0.15, -0.1) is 0 Å². The number of aromatic nitrogens is 3. The van der Waals surface area contributed by atoms with Crippen molar-refractivity contribution in [2.45, 2.75) is 19.4 Å². The molecule has 1 N–H and O–H groups in total. The van der Waals surface area contributed by atoms with Gasteiger partial charge < -0.3 is 10.1 Å². The number of benzene rings is 1. The van der Waals surface area contributed by atoms with Crippen LogP contribution in [0.2, 0.25) is 0 Å². The van der Waals surface area contributed by atoms with Crippen molar-refractivity contribution in [3.8, 4) is 28.3 Å². The summed E-state index contributed by atoms with van der Waals surface area (Å²) in [7, 11) is 1.65. The van der Waals surface area contributed by atoms with E-state index < -0.39 is 0 Å². The molecule has 0 atom stereocenters. The third kappa shape index (κ3) is 4.00. The van der Waals surface area contributed by atoms with Crippen LogP contribution in [-0.2, 0) is 11.3 Å². The molecule has 1 aliphatic carbocycles. The Bertz CT molecular complexity index is 915. The fourth-order valence-corrected chi connectivity index (χ4v) is 3.01. The normalized spacial score (nSPS) is 13.4. The Hall–Kier alpha value is -3.15. The van der Waals surface area contributed by atoms with Gasteiger partial charge >= 0.3 is 0 Å². The van der Waals surface area contributed by atoms with Crippen molar-refractivity contribution in [1.82, 2.24) is 20.1 Å². The fraction of sp³-hybridized carbons (Fsp3) is 0.286. The third-order valence-electron chi connectivity index (χ3n) is 4.69. The van der Waals surface area contributed by atoms with Crippen LogP contribution in [0, 0.1) is 5.92 Å². The van der Waals surface area contributed by atoms with E-state index >= 15 is 0 Å². The van der Waals surface area contributed by atoms with Crippen LogP contribution in [-0.4, -0.2) is 34.3 Å². The first-order valence-electron chi connectivity index (χ1n) is 9.15. The van der Waals surface area contributed by atoms with E-state index in [1.165, 1.54) is 0 Å². The number of ether oxygens (including phenoxy) is 1. The van der Waals surface area contributed by atoms with Crippen LogP contribution in [0.4, 0.5) is 0 Å². The summed E-state index contributed by atoms with van der Waals surface area (Å²) < 4.78 is 7.16. The SMILES string of the molecule is COc1ccc(-c2cc(-c3cccnc3)n(CCNC(=O)C3CC3)n2)cc1. The molecular weight excluding hydrogens is 340 g/mol. The third-order valence-corrected chi connectivity index (χ3v) is 4.69. The van der Waals surface area contributed by atoms with Crippen LogP contribution in [0.15, 0.2) is 54.9 Å². The van der Waals surface area contributed by atoms with Gasteiger partial charge in [0.15, 0.2) is 0 Å². The maximum Gasteiger partial charge on any atom is 0.223 e. The summed E-state index contributed by atoms with van der Waals surface area (Å²) >= 11 is 0. The second kappa shape index (κ2) is 7.61. The Kier molecular flexibility index (Phi) is 4.87. The molecule has 0 spiro atoms. The molecule has 0 aliphatic heterocycles. The summed E-state index contributed by atoms with van der Waals surface area (Å²) in [6.07, 6.45) is 5.60. The van der Waals surface area contributed by atoms with Crippen molar-refractivity contribution in [2.24, 2.45) is 5.92 Å². The van der Waals surface area contributed by atoms with E-state index in [0.29, 0.717) is 13.1 Å². The zero-order chi connectivity index (χ0) is 18.6. The van der Waals surface area contributed by atoms with Crippen LogP contribution in [0.1, 0.15) is 12.8 Å². The van der Waals surface area contributed by atoms with Crippen molar-refractivity contribution < 1.29 is 9.53 Å². The van der Waals surface area contributed by atoms with Gasteiger partial charge in [-0.2, -0.15) is 5.10 Å². The van der Waals surface area contributed by atoms with E-state index in [2.05, 4.69) is 16.4 Å². The standard InChI is InChI=1S/C21H22N4O2/c1-27-18-8-6-15(7-9-18)19-13-20(17-3-2-10-22-14-17)25(24-19)12-11-23-21(26)16-4-5-16/h2-3,6-10,13-14,16H,4-5,11-12H2,1H3,(H,23,26). The Morgan fingerprint density at radius 2 is 2.04 bits per heavy atom. The van der Waals surface area contributed by atoms with E-state index in [9.17, 15) is 4.79 Å². The van der Waals surface area contributed by atoms with E-state index in [1.807, 2.05) is 47.3 Å². The van der Waals surface area contributed by atoms with Gasteiger partial charge in [0.05, 0.1) is 25.0 Å². The number of methoxy groups -OCH3 is 1. The first kappa shape index (κ1) is 17.3. The molecule has 27 heavy (non-hydrogen) atoms. The van der Waals surface area contributed by atoms with Crippen LogP contribution >= 0.6 is 0 Å². The molecule has 0 bridgehead atoms. The molecule has 6 nitrogen and oxygen atoms in total. The molecule has 1 aromatic carbocycles. The van der Waals surface area contributed by atoms with Crippen molar-refractivity contribution in [1.29, 1.82) is 0 Å². The number of amides is 1. The Morgan fingerprint density at radius 1 is 1.22 bits per heavy atom. The van der Waals surface area contributed by atoms with Crippen LogP contribution < -0.4 is 10.1 Å². The number of hydrogen-bond donors (Lipinski definition) is 1. The minimum Gasteiger partial charge on any atom is -0.497 e. The quantitative estimate of drug-likeness (QED) is 0.701. The lowest BCUT2D eigenvalue weighted by atomic mass is 10.1. The average molecular weight is 362 g/mol. The van der Waals surface area contributed by atoms with Gasteiger partial charge in [-0.05, 0) is 55.3 Å². The molecule has 1 fully saturated rings. The first-order chi connectivity index (χ1) is 13.2. The summed E-state index contributed by atoms with van der Waals surface area (Å²) in [5.74, 6) is 1.18. The van der Waals surface area contributed by atoms with Crippen LogP contribution in [0.25, 0.3) is 22.5 Å². The summed E-state index contributed by atoms with van der Waals surface area (Å²) in [4.78, 5) is 16.1. The largest absolute Gasteiger partial charge is 0.497 e. The fourth-order valence-electron chi connectivity index (χ4n) is 3.01. The molecule has 2 heterocycles. The Labute approximate surface area is 158 Å². The lowest BCUT2D eigenvalue weighted by Crippen LogP contribution is -2.28. The highest BCUT2D eigenvalue weighted by Gasteiger charge is 2.29. The predicted octanol–water partition coefficient (Wildman–Crippen LogP) is 3.15. The van der Waals surface area contributed by atoms with Crippen molar-refractivity contribution in [2.75, 3.05) is 13.7 Å². The van der Waals surface area contributed by atoms with E-state index in [4.69, 9.17) is 9.84 Å². The number of nitrogens with one attached hydrogen (secondary N) is 1. The highest BCUT2D eigenvalue weighted by Crippen LogP contribution is 2.29. The topological polar surface area (TPSA) is 69.0 Å². The minimum atomic E-state index is 0.153. The van der Waals surface area contributed by atoms with Crippen molar-refractivity contribution in [3.63, 3.8) is 0 Å². The summed E-state index contributed by atoms with van der Waals surface area (Å²) in [6, 6.07) is 13.8. The molecule has 138 valence electrons. The van der Waals surface area contributed by atoms with Crippen LogP contribution in [0.3, 0.4) is 0 Å². The van der Waals surface area contributed by atoms with Crippen molar-refractivity contribution >= 4 is 5.91 Å². The molecule has 1 amide bonds. The summed E-state index contributed by atoms with van der Waals surface area (Å²) in [6.45, 7) is 1.17. The maximum atomic E-state index is 11.9. The molecule has 0 saturated heterocycles. The predicted molar refractivity (Wildman–Crippen MR) is 103 cm³/mol. The van der Waals surface area contributed by atoms with Gasteiger partial charge in [0.2, 0.25) is 5.91 Å².